The van der Waals surface area contributed by atoms with E-state index in [1.54, 1.807) is 29.2 Å². The maximum atomic E-state index is 13.5. The maximum absolute atomic E-state index is 13.5. The normalized spacial score (nSPS) is 11.7. The second-order valence-electron chi connectivity index (χ2n) is 7.82. The highest BCUT2D eigenvalue weighted by Crippen LogP contribution is 2.32. The van der Waals surface area contributed by atoms with Gasteiger partial charge in [0.1, 0.15) is 17.8 Å². The molecule has 0 unspecified atom stereocenters. The van der Waals surface area contributed by atoms with E-state index in [-0.39, 0.29) is 43.3 Å². The number of nitrogens with one attached hydrogen (secondary N) is 1. The minimum atomic E-state index is -4.51. The third kappa shape index (κ3) is 6.57. The molecule has 0 saturated carbocycles. The topological polar surface area (TPSA) is 71.5 Å². The van der Waals surface area contributed by atoms with Crippen LogP contribution >= 0.6 is 0 Å². The Morgan fingerprint density at radius 1 is 0.943 bits per heavy atom. The average molecular weight is 487 g/mol. The number of furan rings is 1. The van der Waals surface area contributed by atoms with Crippen LogP contribution in [0.25, 0.3) is 0 Å². The van der Waals surface area contributed by atoms with Crippen molar-refractivity contribution in [1.82, 2.24) is 15.2 Å². The molecule has 0 spiro atoms. The number of benzene rings is 2. The van der Waals surface area contributed by atoms with Gasteiger partial charge in [-0.05, 0) is 41.5 Å². The van der Waals surface area contributed by atoms with E-state index in [4.69, 9.17) is 8.83 Å². The molecule has 10 heteroatoms. The van der Waals surface area contributed by atoms with Gasteiger partial charge in [-0.3, -0.25) is 9.69 Å². The zero-order chi connectivity index (χ0) is 24.8. The van der Waals surface area contributed by atoms with Crippen molar-refractivity contribution in [3.8, 4) is 0 Å². The molecule has 0 atom stereocenters. The molecule has 4 rings (SSSR count). The monoisotopic (exact) mass is 487 g/mol. The standard InChI is InChI=1S/C25H21F4N3O3/c26-19-9-7-17(8-10-19)13-32(14-18-4-1-2-6-21(18)25(27,28)29)15-23-31-22(16-35-23)24(33)30-12-20-5-3-11-34-20/h1-11,16H,12-15H2,(H,30,33). The Balaban J connectivity index is 1.51. The lowest BCUT2D eigenvalue weighted by molar-refractivity contribution is -0.138. The Bertz CT molecular complexity index is 1250. The van der Waals surface area contributed by atoms with Gasteiger partial charge in [-0.1, -0.05) is 30.3 Å². The molecule has 2 aromatic carbocycles. The number of aromatic nitrogens is 1. The van der Waals surface area contributed by atoms with E-state index in [0.29, 0.717) is 11.3 Å². The first-order valence-corrected chi connectivity index (χ1v) is 10.6. The van der Waals surface area contributed by atoms with Gasteiger partial charge >= 0.3 is 6.18 Å². The van der Waals surface area contributed by atoms with Gasteiger partial charge in [-0.25, -0.2) is 9.37 Å². The van der Waals surface area contributed by atoms with Crippen LogP contribution in [0.4, 0.5) is 17.6 Å². The number of halogens is 4. The minimum absolute atomic E-state index is 0.0228. The number of hydrogen-bond donors (Lipinski definition) is 1. The van der Waals surface area contributed by atoms with E-state index in [1.165, 1.54) is 42.9 Å². The number of hydrogen-bond acceptors (Lipinski definition) is 5. The van der Waals surface area contributed by atoms with Crippen LogP contribution in [0.1, 0.15) is 38.8 Å². The van der Waals surface area contributed by atoms with Crippen molar-refractivity contribution in [2.45, 2.75) is 32.4 Å². The molecule has 6 nitrogen and oxygen atoms in total. The summed E-state index contributed by atoms with van der Waals surface area (Å²) in [7, 11) is 0. The molecule has 2 heterocycles. The van der Waals surface area contributed by atoms with E-state index in [1.807, 2.05) is 0 Å². The van der Waals surface area contributed by atoms with E-state index in [0.717, 1.165) is 6.07 Å². The predicted molar refractivity (Wildman–Crippen MR) is 117 cm³/mol. The summed E-state index contributed by atoms with van der Waals surface area (Å²) in [6.07, 6.45) is -1.84. The molecule has 35 heavy (non-hydrogen) atoms. The average Bonchev–Trinajstić information content (AvgIpc) is 3.51. The highest BCUT2D eigenvalue weighted by Gasteiger charge is 2.33. The number of rotatable bonds is 9. The third-order valence-electron chi connectivity index (χ3n) is 5.18. The lowest BCUT2D eigenvalue weighted by Gasteiger charge is -2.23. The van der Waals surface area contributed by atoms with E-state index in [9.17, 15) is 22.4 Å². The summed E-state index contributed by atoms with van der Waals surface area (Å²) < 4.78 is 64.5. The first kappa shape index (κ1) is 24.2. The third-order valence-corrected chi connectivity index (χ3v) is 5.18. The number of alkyl halides is 3. The highest BCUT2D eigenvalue weighted by molar-refractivity contribution is 5.91. The molecular weight excluding hydrogens is 466 g/mol. The van der Waals surface area contributed by atoms with Gasteiger partial charge in [0.25, 0.3) is 5.91 Å². The molecule has 1 amide bonds. The molecule has 182 valence electrons. The molecule has 2 aromatic heterocycles. The SMILES string of the molecule is O=C(NCc1ccco1)c1coc(CN(Cc2ccc(F)cc2)Cc2ccccc2C(F)(F)F)n1. The number of oxazole rings is 1. The van der Waals surface area contributed by atoms with Gasteiger partial charge in [-0.15, -0.1) is 0 Å². The summed E-state index contributed by atoms with van der Waals surface area (Å²) in [5.41, 5.74) is 0.0578. The number of carbonyl (C=O) groups excluding carboxylic acids is 1. The van der Waals surface area contributed by atoms with Crippen molar-refractivity contribution < 1.29 is 31.2 Å². The molecule has 0 radical (unpaired) electrons. The van der Waals surface area contributed by atoms with Crippen LogP contribution in [-0.2, 0) is 32.4 Å². The number of carbonyl (C=O) groups is 1. The van der Waals surface area contributed by atoms with Crippen LogP contribution < -0.4 is 5.32 Å². The molecule has 0 bridgehead atoms. The van der Waals surface area contributed by atoms with Crippen LogP contribution in [0, 0.1) is 5.82 Å². The largest absolute Gasteiger partial charge is 0.467 e. The van der Waals surface area contributed by atoms with Crippen LogP contribution in [0.5, 0.6) is 0 Å². The molecular formula is C25H21F4N3O3. The summed E-state index contributed by atoms with van der Waals surface area (Å²) in [5, 5.41) is 2.65. The summed E-state index contributed by atoms with van der Waals surface area (Å²) >= 11 is 0. The van der Waals surface area contributed by atoms with Crippen molar-refractivity contribution in [1.29, 1.82) is 0 Å². The molecule has 0 aliphatic heterocycles. The number of amides is 1. The Hall–Kier alpha value is -3.92. The van der Waals surface area contributed by atoms with E-state index < -0.39 is 23.5 Å². The Morgan fingerprint density at radius 3 is 2.43 bits per heavy atom. The molecule has 0 aliphatic carbocycles. The zero-order valence-corrected chi connectivity index (χ0v) is 18.4. The summed E-state index contributed by atoms with van der Waals surface area (Å²) in [4.78, 5) is 18.2. The fourth-order valence-corrected chi connectivity index (χ4v) is 3.54. The van der Waals surface area contributed by atoms with Crippen molar-refractivity contribution in [3.05, 3.63) is 113 Å². The second-order valence-corrected chi connectivity index (χ2v) is 7.82. The predicted octanol–water partition coefficient (Wildman–Crippen LogP) is 5.56. The van der Waals surface area contributed by atoms with E-state index in [2.05, 4.69) is 10.3 Å². The molecule has 0 aliphatic rings. The van der Waals surface area contributed by atoms with Crippen LogP contribution in [-0.4, -0.2) is 15.8 Å². The van der Waals surface area contributed by atoms with Crippen LogP contribution in [0.2, 0.25) is 0 Å². The fraction of sp³-hybridized carbons (Fsp3) is 0.200. The van der Waals surface area contributed by atoms with Gasteiger partial charge in [0.05, 0.1) is 24.9 Å². The molecule has 1 N–H and O–H groups in total. The number of nitrogens with zero attached hydrogens (tertiary/aromatic N) is 2. The Kier molecular flexibility index (Phi) is 7.31. The summed E-state index contributed by atoms with van der Waals surface area (Å²) in [6, 6.07) is 14.4. The maximum Gasteiger partial charge on any atom is 0.416 e. The second kappa shape index (κ2) is 10.6. The summed E-state index contributed by atoms with van der Waals surface area (Å²) in [6.45, 7) is 0.318. The first-order valence-electron chi connectivity index (χ1n) is 10.6. The van der Waals surface area contributed by atoms with Gasteiger partial charge in [0.15, 0.2) is 5.69 Å². The van der Waals surface area contributed by atoms with Gasteiger partial charge in [0, 0.05) is 13.1 Å². The molecule has 0 fully saturated rings. The quantitative estimate of drug-likeness (QED) is 0.313. The fourth-order valence-electron chi connectivity index (χ4n) is 3.54. The smallest absolute Gasteiger partial charge is 0.416 e. The van der Waals surface area contributed by atoms with Crippen molar-refractivity contribution in [2.24, 2.45) is 0 Å². The Labute approximate surface area is 198 Å². The molecule has 0 saturated heterocycles. The Morgan fingerprint density at radius 2 is 1.71 bits per heavy atom. The molecule has 4 aromatic rings. The van der Waals surface area contributed by atoms with Crippen LogP contribution in [0.3, 0.4) is 0 Å². The first-order chi connectivity index (χ1) is 16.8. The lowest BCUT2D eigenvalue weighted by atomic mass is 10.1. The van der Waals surface area contributed by atoms with Gasteiger partial charge in [-0.2, -0.15) is 13.2 Å². The van der Waals surface area contributed by atoms with Gasteiger partial charge in [0.2, 0.25) is 5.89 Å². The lowest BCUT2D eigenvalue weighted by Crippen LogP contribution is -2.25. The summed E-state index contributed by atoms with van der Waals surface area (Å²) in [5.74, 6) is -0.180. The van der Waals surface area contributed by atoms with Crippen molar-refractivity contribution in [3.63, 3.8) is 0 Å². The van der Waals surface area contributed by atoms with Crippen molar-refractivity contribution in [2.75, 3.05) is 0 Å². The highest BCUT2D eigenvalue weighted by atomic mass is 19.4. The van der Waals surface area contributed by atoms with Crippen molar-refractivity contribution >= 4 is 5.91 Å². The zero-order valence-electron chi connectivity index (χ0n) is 18.4. The minimum Gasteiger partial charge on any atom is -0.467 e. The van der Waals surface area contributed by atoms with Gasteiger partial charge < -0.3 is 14.2 Å². The van der Waals surface area contributed by atoms with E-state index >= 15 is 0 Å². The van der Waals surface area contributed by atoms with Crippen LogP contribution in [0.15, 0.2) is 82.0 Å².